The lowest BCUT2D eigenvalue weighted by Crippen LogP contribution is -2.04. The number of nitrogens with zero attached hydrogens (tertiary/aromatic N) is 1. The van der Waals surface area contributed by atoms with Crippen LogP contribution in [0.4, 0.5) is 0 Å². The minimum atomic E-state index is 0.701. The van der Waals surface area contributed by atoms with Gasteiger partial charge in [-0.2, -0.15) is 0 Å². The molecule has 0 spiro atoms. The summed E-state index contributed by atoms with van der Waals surface area (Å²) >= 11 is 0. The third-order valence-electron chi connectivity index (χ3n) is 1.53. The minimum Gasteiger partial charge on any atom is -0.330 e. The monoisotopic (exact) mass is 136 g/mol. The Kier molecular flexibility index (Phi) is 2.40. The molecular weight excluding hydrogens is 124 g/mol. The van der Waals surface area contributed by atoms with Crippen molar-refractivity contribution in [2.75, 3.05) is 6.54 Å². The van der Waals surface area contributed by atoms with Gasteiger partial charge < -0.3 is 5.73 Å². The molecule has 0 atom stereocenters. The molecule has 0 aliphatic carbocycles. The molecule has 0 bridgehead atoms. The van der Waals surface area contributed by atoms with E-state index in [4.69, 9.17) is 5.73 Å². The molecule has 1 aromatic heterocycles. The predicted molar refractivity (Wildman–Crippen MR) is 41.7 cm³/mol. The average Bonchev–Trinajstić information content (AvgIpc) is 1.94. The van der Waals surface area contributed by atoms with Gasteiger partial charge in [-0.15, -0.1) is 0 Å². The molecule has 54 valence electrons. The smallest absolute Gasteiger partial charge is 0.0405 e. The molecule has 2 nitrogen and oxygen atoms in total. The largest absolute Gasteiger partial charge is 0.330 e. The van der Waals surface area contributed by atoms with Crippen molar-refractivity contribution in [1.29, 1.82) is 0 Å². The van der Waals surface area contributed by atoms with E-state index in [2.05, 4.69) is 11.1 Å². The van der Waals surface area contributed by atoms with E-state index in [9.17, 15) is 0 Å². The molecule has 0 radical (unpaired) electrons. The Hall–Kier alpha value is -0.890. The lowest BCUT2D eigenvalue weighted by Gasteiger charge is -2.00. The highest BCUT2D eigenvalue weighted by molar-refractivity contribution is 5.18. The summed E-state index contributed by atoms with van der Waals surface area (Å²) in [6.45, 7) is 2.71. The summed E-state index contributed by atoms with van der Waals surface area (Å²) in [5.41, 5.74) is 7.75. The number of pyridine rings is 1. The van der Waals surface area contributed by atoms with Gasteiger partial charge in [0.1, 0.15) is 0 Å². The maximum atomic E-state index is 5.40. The summed E-state index contributed by atoms with van der Waals surface area (Å²) in [4.78, 5) is 4.14. The molecule has 0 saturated heterocycles. The van der Waals surface area contributed by atoms with Crippen LogP contribution in [0.25, 0.3) is 0 Å². The van der Waals surface area contributed by atoms with Crippen molar-refractivity contribution in [2.24, 2.45) is 5.73 Å². The van der Waals surface area contributed by atoms with Crippen molar-refractivity contribution < 1.29 is 0 Å². The summed E-state index contributed by atoms with van der Waals surface area (Å²) in [5.74, 6) is 0. The highest BCUT2D eigenvalue weighted by atomic mass is 14.7. The van der Waals surface area contributed by atoms with Gasteiger partial charge in [0.15, 0.2) is 0 Å². The number of nitrogens with two attached hydrogens (primary N) is 1. The van der Waals surface area contributed by atoms with E-state index >= 15 is 0 Å². The van der Waals surface area contributed by atoms with Gasteiger partial charge in [-0.3, -0.25) is 4.98 Å². The summed E-state index contributed by atoms with van der Waals surface area (Å²) in [6, 6.07) is 4.01. The zero-order valence-electron chi connectivity index (χ0n) is 6.17. The Morgan fingerprint density at radius 2 is 2.40 bits per heavy atom. The van der Waals surface area contributed by atoms with E-state index in [1.165, 1.54) is 5.56 Å². The topological polar surface area (TPSA) is 38.9 Å². The molecule has 0 saturated carbocycles. The van der Waals surface area contributed by atoms with E-state index in [0.29, 0.717) is 6.54 Å². The normalized spacial score (nSPS) is 9.80. The molecule has 2 N–H and O–H groups in total. The molecule has 0 aliphatic heterocycles. The van der Waals surface area contributed by atoms with Gasteiger partial charge in [-0.05, 0) is 31.5 Å². The number of aromatic nitrogens is 1. The van der Waals surface area contributed by atoms with Crippen LogP contribution in [-0.2, 0) is 6.42 Å². The zero-order valence-corrected chi connectivity index (χ0v) is 6.17. The first-order valence-corrected chi connectivity index (χ1v) is 3.45. The predicted octanol–water partition coefficient (Wildman–Crippen LogP) is 0.891. The second-order valence-electron chi connectivity index (χ2n) is 2.29. The molecule has 0 aromatic carbocycles. The average molecular weight is 136 g/mol. The van der Waals surface area contributed by atoms with E-state index in [-0.39, 0.29) is 0 Å². The molecular formula is C8H12N2. The molecule has 10 heavy (non-hydrogen) atoms. The van der Waals surface area contributed by atoms with Crippen molar-refractivity contribution in [2.45, 2.75) is 13.3 Å². The molecule has 1 rings (SSSR count). The molecule has 0 aliphatic rings. The molecule has 1 heterocycles. The lowest BCUT2D eigenvalue weighted by molar-refractivity contribution is 0.939. The van der Waals surface area contributed by atoms with Crippen LogP contribution in [0.2, 0.25) is 0 Å². The van der Waals surface area contributed by atoms with E-state index < -0.39 is 0 Å². The first kappa shape index (κ1) is 7.22. The quantitative estimate of drug-likeness (QED) is 0.655. The van der Waals surface area contributed by atoms with Crippen LogP contribution < -0.4 is 5.73 Å². The fraction of sp³-hybridized carbons (Fsp3) is 0.375. The van der Waals surface area contributed by atoms with Crippen LogP contribution in [0.15, 0.2) is 18.3 Å². The van der Waals surface area contributed by atoms with E-state index in [0.717, 1.165) is 12.1 Å². The Labute approximate surface area is 61.1 Å². The Morgan fingerprint density at radius 3 is 3.00 bits per heavy atom. The SMILES string of the molecule is Cc1ncccc1CCN. The fourth-order valence-electron chi connectivity index (χ4n) is 0.937. The molecule has 0 unspecified atom stereocenters. The van der Waals surface area contributed by atoms with Gasteiger partial charge in [0.05, 0.1) is 0 Å². The van der Waals surface area contributed by atoms with Gasteiger partial charge >= 0.3 is 0 Å². The van der Waals surface area contributed by atoms with Gasteiger partial charge in [0, 0.05) is 11.9 Å². The zero-order chi connectivity index (χ0) is 7.40. The maximum absolute atomic E-state index is 5.40. The first-order chi connectivity index (χ1) is 4.84. The highest BCUT2D eigenvalue weighted by Crippen LogP contribution is 2.02. The molecule has 2 heteroatoms. The van der Waals surface area contributed by atoms with Crippen molar-refractivity contribution in [3.05, 3.63) is 29.6 Å². The summed E-state index contributed by atoms with van der Waals surface area (Å²) in [6.07, 6.45) is 2.73. The van der Waals surface area contributed by atoms with Crippen LogP contribution in [0, 0.1) is 6.92 Å². The number of aryl methyl sites for hydroxylation is 1. The van der Waals surface area contributed by atoms with Crippen molar-refractivity contribution in [1.82, 2.24) is 4.98 Å². The lowest BCUT2D eigenvalue weighted by atomic mass is 10.1. The fourth-order valence-corrected chi connectivity index (χ4v) is 0.937. The Bertz CT molecular complexity index is 208. The Balaban J connectivity index is 2.81. The van der Waals surface area contributed by atoms with E-state index in [1.807, 2.05) is 13.0 Å². The molecule has 1 aromatic rings. The number of rotatable bonds is 2. The summed E-state index contributed by atoms with van der Waals surface area (Å²) in [5, 5.41) is 0. The second-order valence-corrected chi connectivity index (χ2v) is 2.29. The standard InChI is InChI=1S/C8H12N2/c1-7-8(4-5-9)3-2-6-10-7/h2-3,6H,4-5,9H2,1H3. The van der Waals surface area contributed by atoms with Gasteiger partial charge in [0.2, 0.25) is 0 Å². The first-order valence-electron chi connectivity index (χ1n) is 3.45. The van der Waals surface area contributed by atoms with Crippen LogP contribution >= 0.6 is 0 Å². The second kappa shape index (κ2) is 3.32. The van der Waals surface area contributed by atoms with E-state index in [1.54, 1.807) is 6.20 Å². The summed E-state index contributed by atoms with van der Waals surface area (Å²) < 4.78 is 0. The van der Waals surface area contributed by atoms with Crippen LogP contribution in [0.1, 0.15) is 11.3 Å². The third-order valence-corrected chi connectivity index (χ3v) is 1.53. The van der Waals surface area contributed by atoms with Gasteiger partial charge in [-0.1, -0.05) is 6.07 Å². The van der Waals surface area contributed by atoms with Crippen LogP contribution in [0.3, 0.4) is 0 Å². The van der Waals surface area contributed by atoms with Crippen molar-refractivity contribution in [3.63, 3.8) is 0 Å². The van der Waals surface area contributed by atoms with Crippen LogP contribution in [-0.4, -0.2) is 11.5 Å². The van der Waals surface area contributed by atoms with Crippen molar-refractivity contribution in [3.8, 4) is 0 Å². The minimum absolute atomic E-state index is 0.701. The maximum Gasteiger partial charge on any atom is 0.0405 e. The molecule has 0 fully saturated rings. The number of hydrogen-bond donors (Lipinski definition) is 1. The van der Waals surface area contributed by atoms with Gasteiger partial charge in [-0.25, -0.2) is 0 Å². The third kappa shape index (κ3) is 1.54. The Morgan fingerprint density at radius 1 is 1.60 bits per heavy atom. The summed E-state index contributed by atoms with van der Waals surface area (Å²) in [7, 11) is 0. The number of hydrogen-bond acceptors (Lipinski definition) is 2. The van der Waals surface area contributed by atoms with Crippen molar-refractivity contribution >= 4 is 0 Å². The van der Waals surface area contributed by atoms with Crippen LogP contribution in [0.5, 0.6) is 0 Å². The molecule has 0 amide bonds. The van der Waals surface area contributed by atoms with Gasteiger partial charge in [0.25, 0.3) is 0 Å². The highest BCUT2D eigenvalue weighted by Gasteiger charge is 1.94.